The lowest BCUT2D eigenvalue weighted by atomic mass is 10.0. The van der Waals surface area contributed by atoms with E-state index < -0.39 is 0 Å². The van der Waals surface area contributed by atoms with Gasteiger partial charge in [0.1, 0.15) is 5.82 Å². The van der Waals surface area contributed by atoms with Crippen molar-refractivity contribution in [3.8, 4) is 0 Å². The van der Waals surface area contributed by atoms with E-state index in [1.807, 2.05) is 12.4 Å². The van der Waals surface area contributed by atoms with E-state index in [2.05, 4.69) is 22.0 Å². The van der Waals surface area contributed by atoms with E-state index in [9.17, 15) is 4.39 Å². The predicted molar refractivity (Wildman–Crippen MR) is 80.9 cm³/mol. The first-order chi connectivity index (χ1) is 10.3. The molecule has 0 saturated carbocycles. The number of rotatable bonds is 4. The highest BCUT2D eigenvalue weighted by Gasteiger charge is 2.26. The Bertz CT molecular complexity index is 600. The van der Waals surface area contributed by atoms with Crippen LogP contribution in [0.25, 0.3) is 0 Å². The van der Waals surface area contributed by atoms with Crippen LogP contribution in [0.4, 0.5) is 4.39 Å². The molecule has 1 fully saturated rings. The molecule has 0 spiro atoms. The highest BCUT2D eigenvalue weighted by molar-refractivity contribution is 5.28. The minimum absolute atomic E-state index is 0.193. The summed E-state index contributed by atoms with van der Waals surface area (Å²) in [7, 11) is 0. The van der Waals surface area contributed by atoms with E-state index in [0.29, 0.717) is 12.6 Å². The molecule has 2 aromatic rings. The fourth-order valence-corrected chi connectivity index (χ4v) is 3.14. The molecular formula is C17H20FN3. The van der Waals surface area contributed by atoms with E-state index in [1.54, 1.807) is 12.1 Å². The normalized spacial score (nSPS) is 19.0. The van der Waals surface area contributed by atoms with Crippen LogP contribution in [0.2, 0.25) is 0 Å². The smallest absolute Gasteiger partial charge is 0.123 e. The van der Waals surface area contributed by atoms with Crippen LogP contribution < -0.4 is 5.73 Å². The lowest BCUT2D eigenvalue weighted by Gasteiger charge is -2.25. The number of nitrogens with two attached hydrogens (primary N) is 1. The molecule has 0 bridgehead atoms. The zero-order chi connectivity index (χ0) is 14.7. The van der Waals surface area contributed by atoms with Crippen molar-refractivity contribution in [2.24, 2.45) is 5.73 Å². The van der Waals surface area contributed by atoms with Gasteiger partial charge in [0, 0.05) is 31.5 Å². The number of likely N-dealkylation sites (tertiary alicyclic amines) is 1. The zero-order valence-corrected chi connectivity index (χ0v) is 12.0. The van der Waals surface area contributed by atoms with Crippen molar-refractivity contribution < 1.29 is 4.39 Å². The highest BCUT2D eigenvalue weighted by Crippen LogP contribution is 2.33. The Morgan fingerprint density at radius 2 is 2.00 bits per heavy atom. The molecule has 1 aromatic carbocycles. The lowest BCUT2D eigenvalue weighted by Crippen LogP contribution is -2.23. The van der Waals surface area contributed by atoms with Gasteiger partial charge in [0.2, 0.25) is 0 Å². The Morgan fingerprint density at radius 1 is 1.19 bits per heavy atom. The monoisotopic (exact) mass is 285 g/mol. The summed E-state index contributed by atoms with van der Waals surface area (Å²) in [5.41, 5.74) is 9.08. The highest BCUT2D eigenvalue weighted by atomic mass is 19.1. The molecule has 4 heteroatoms. The average Bonchev–Trinajstić information content (AvgIpc) is 2.96. The van der Waals surface area contributed by atoms with Crippen molar-refractivity contribution in [1.82, 2.24) is 9.88 Å². The maximum Gasteiger partial charge on any atom is 0.123 e. The summed E-state index contributed by atoms with van der Waals surface area (Å²) in [6.07, 6.45) is 5.97. The Kier molecular flexibility index (Phi) is 4.27. The van der Waals surface area contributed by atoms with Crippen LogP contribution in [0, 0.1) is 5.82 Å². The summed E-state index contributed by atoms with van der Waals surface area (Å²) in [5, 5.41) is 0. The molecule has 2 N–H and O–H groups in total. The molecule has 110 valence electrons. The van der Waals surface area contributed by atoms with Crippen LogP contribution in [0.15, 0.2) is 42.7 Å². The minimum Gasteiger partial charge on any atom is -0.326 e. The van der Waals surface area contributed by atoms with E-state index in [-0.39, 0.29) is 5.82 Å². The number of hydrogen-bond donors (Lipinski definition) is 1. The second-order valence-corrected chi connectivity index (χ2v) is 5.53. The summed E-state index contributed by atoms with van der Waals surface area (Å²) < 4.78 is 13.5. The molecule has 0 radical (unpaired) electrons. The van der Waals surface area contributed by atoms with Gasteiger partial charge in [0.05, 0.1) is 0 Å². The predicted octanol–water partition coefficient (Wildman–Crippen LogP) is 3.02. The van der Waals surface area contributed by atoms with Gasteiger partial charge < -0.3 is 5.73 Å². The molecule has 1 unspecified atom stereocenters. The first-order valence-electron chi connectivity index (χ1n) is 7.39. The molecule has 1 aromatic heterocycles. The fraction of sp³-hybridized carbons (Fsp3) is 0.353. The average molecular weight is 285 g/mol. The van der Waals surface area contributed by atoms with Crippen molar-refractivity contribution in [3.05, 3.63) is 65.2 Å². The van der Waals surface area contributed by atoms with Gasteiger partial charge in [-0.2, -0.15) is 0 Å². The molecule has 1 aliphatic rings. The van der Waals surface area contributed by atoms with E-state index in [1.165, 1.54) is 18.1 Å². The Balaban J connectivity index is 1.82. The SMILES string of the molecule is NCc1ccc(F)cc1CN1CCCC1c1ccncc1. The third-order valence-electron chi connectivity index (χ3n) is 4.22. The second-order valence-electron chi connectivity index (χ2n) is 5.53. The number of halogens is 1. The molecule has 0 aliphatic carbocycles. The van der Waals surface area contributed by atoms with Gasteiger partial charge in [0.25, 0.3) is 0 Å². The number of aromatic nitrogens is 1. The van der Waals surface area contributed by atoms with Gasteiger partial charge in [-0.15, -0.1) is 0 Å². The fourth-order valence-electron chi connectivity index (χ4n) is 3.14. The lowest BCUT2D eigenvalue weighted by molar-refractivity contribution is 0.247. The summed E-state index contributed by atoms with van der Waals surface area (Å²) in [4.78, 5) is 6.49. The van der Waals surface area contributed by atoms with Crippen molar-refractivity contribution in [1.29, 1.82) is 0 Å². The van der Waals surface area contributed by atoms with Crippen LogP contribution in [-0.2, 0) is 13.1 Å². The van der Waals surface area contributed by atoms with Crippen molar-refractivity contribution in [2.45, 2.75) is 32.0 Å². The minimum atomic E-state index is -0.193. The summed E-state index contributed by atoms with van der Waals surface area (Å²) >= 11 is 0. The van der Waals surface area contributed by atoms with Crippen molar-refractivity contribution >= 4 is 0 Å². The number of benzene rings is 1. The Labute approximate surface area is 124 Å². The molecule has 2 heterocycles. The van der Waals surface area contributed by atoms with Crippen LogP contribution in [0.1, 0.15) is 35.6 Å². The van der Waals surface area contributed by atoms with Crippen LogP contribution in [0.5, 0.6) is 0 Å². The van der Waals surface area contributed by atoms with E-state index >= 15 is 0 Å². The van der Waals surface area contributed by atoms with Crippen LogP contribution in [-0.4, -0.2) is 16.4 Å². The molecule has 3 nitrogen and oxygen atoms in total. The van der Waals surface area contributed by atoms with Gasteiger partial charge >= 0.3 is 0 Å². The van der Waals surface area contributed by atoms with Gasteiger partial charge in [-0.05, 0) is 60.3 Å². The molecule has 1 atom stereocenters. The third kappa shape index (κ3) is 3.12. The summed E-state index contributed by atoms with van der Waals surface area (Å²) in [6, 6.07) is 9.42. The molecule has 21 heavy (non-hydrogen) atoms. The first kappa shape index (κ1) is 14.2. The van der Waals surface area contributed by atoms with E-state index in [4.69, 9.17) is 5.73 Å². The Morgan fingerprint density at radius 3 is 2.76 bits per heavy atom. The quantitative estimate of drug-likeness (QED) is 0.939. The van der Waals surface area contributed by atoms with Crippen molar-refractivity contribution in [3.63, 3.8) is 0 Å². The summed E-state index contributed by atoms with van der Waals surface area (Å²) in [6.45, 7) is 2.23. The number of hydrogen-bond acceptors (Lipinski definition) is 3. The van der Waals surface area contributed by atoms with Gasteiger partial charge in [0.15, 0.2) is 0 Å². The Hall–Kier alpha value is -1.78. The molecule has 1 aliphatic heterocycles. The molecule has 1 saturated heterocycles. The molecule has 3 rings (SSSR count). The number of pyridine rings is 1. The van der Waals surface area contributed by atoms with Crippen molar-refractivity contribution in [2.75, 3.05) is 6.54 Å². The largest absolute Gasteiger partial charge is 0.326 e. The molecular weight excluding hydrogens is 265 g/mol. The zero-order valence-electron chi connectivity index (χ0n) is 12.0. The third-order valence-corrected chi connectivity index (χ3v) is 4.22. The molecule has 0 amide bonds. The van der Waals surface area contributed by atoms with Gasteiger partial charge in [-0.1, -0.05) is 6.07 Å². The maximum absolute atomic E-state index is 13.5. The standard InChI is InChI=1S/C17H20FN3/c18-16-4-3-14(11-19)15(10-16)12-21-9-1-2-17(21)13-5-7-20-8-6-13/h3-8,10,17H,1-2,9,11-12,19H2. The maximum atomic E-state index is 13.5. The van der Waals surface area contributed by atoms with Crippen LogP contribution >= 0.6 is 0 Å². The number of nitrogens with zero attached hydrogens (tertiary/aromatic N) is 2. The second kappa shape index (κ2) is 6.33. The first-order valence-corrected chi connectivity index (χ1v) is 7.39. The van der Waals surface area contributed by atoms with Crippen LogP contribution in [0.3, 0.4) is 0 Å². The van der Waals surface area contributed by atoms with Gasteiger partial charge in [-0.25, -0.2) is 4.39 Å². The topological polar surface area (TPSA) is 42.1 Å². The van der Waals surface area contributed by atoms with Gasteiger partial charge in [-0.3, -0.25) is 9.88 Å². The van der Waals surface area contributed by atoms with E-state index in [0.717, 1.165) is 30.6 Å². The summed E-state index contributed by atoms with van der Waals surface area (Å²) in [5.74, 6) is -0.193.